The molecule has 2 aromatic heterocycles. The third-order valence-electron chi connectivity index (χ3n) is 5.21. The van der Waals surface area contributed by atoms with Gasteiger partial charge in [-0.25, -0.2) is 4.98 Å². The number of hydrogen-bond donors (Lipinski definition) is 2. The average molecular weight is 367 g/mol. The van der Waals surface area contributed by atoms with Gasteiger partial charge in [-0.3, -0.25) is 0 Å². The molecule has 0 fully saturated rings. The lowest BCUT2D eigenvalue weighted by molar-refractivity contribution is 0.162. The van der Waals surface area contributed by atoms with Crippen LogP contribution in [0.3, 0.4) is 0 Å². The Kier molecular flexibility index (Phi) is 5.24. The quantitative estimate of drug-likeness (QED) is 0.703. The summed E-state index contributed by atoms with van der Waals surface area (Å²) in [6.45, 7) is 12.2. The van der Waals surface area contributed by atoms with Gasteiger partial charge in [-0.05, 0) is 57.7 Å². The van der Waals surface area contributed by atoms with Gasteiger partial charge in [0.2, 0.25) is 5.88 Å². The molecule has 3 aromatic rings. The molecule has 5 nitrogen and oxygen atoms in total. The highest BCUT2D eigenvalue weighted by Crippen LogP contribution is 2.36. The number of aromatic hydroxyl groups is 1. The fraction of sp³-hybridized carbons (Fsp3) is 0.455. The van der Waals surface area contributed by atoms with Crippen LogP contribution in [0.5, 0.6) is 5.88 Å². The zero-order valence-electron chi connectivity index (χ0n) is 17.1. The SMILES string of the molecule is CCCC(O)Cc1c(C)nc2c(-c3c(C)cc(C)cc3C)c(C)nn2c1O. The molecule has 0 amide bonds. The smallest absolute Gasteiger partial charge is 0.219 e. The average Bonchev–Trinajstić information content (AvgIpc) is 2.88. The van der Waals surface area contributed by atoms with Crippen molar-refractivity contribution in [1.82, 2.24) is 14.6 Å². The van der Waals surface area contributed by atoms with E-state index in [-0.39, 0.29) is 5.88 Å². The Morgan fingerprint density at radius 3 is 2.22 bits per heavy atom. The van der Waals surface area contributed by atoms with Crippen LogP contribution in [0.2, 0.25) is 0 Å². The van der Waals surface area contributed by atoms with Crippen LogP contribution < -0.4 is 0 Å². The molecule has 0 saturated heterocycles. The number of nitrogens with zero attached hydrogens (tertiary/aromatic N) is 3. The van der Waals surface area contributed by atoms with Gasteiger partial charge in [-0.1, -0.05) is 31.0 Å². The minimum absolute atomic E-state index is 0.0735. The van der Waals surface area contributed by atoms with Gasteiger partial charge in [-0.15, -0.1) is 0 Å². The fourth-order valence-electron chi connectivity index (χ4n) is 4.06. The normalized spacial score (nSPS) is 12.7. The number of benzene rings is 1. The van der Waals surface area contributed by atoms with Crippen molar-refractivity contribution in [3.63, 3.8) is 0 Å². The minimum Gasteiger partial charge on any atom is -0.493 e. The molecule has 0 aliphatic carbocycles. The Morgan fingerprint density at radius 1 is 1.00 bits per heavy atom. The van der Waals surface area contributed by atoms with Crippen LogP contribution >= 0.6 is 0 Å². The second-order valence-electron chi connectivity index (χ2n) is 7.62. The third kappa shape index (κ3) is 3.44. The van der Waals surface area contributed by atoms with E-state index in [4.69, 9.17) is 4.98 Å². The molecular formula is C22H29N3O2. The molecule has 1 aromatic carbocycles. The van der Waals surface area contributed by atoms with Crippen LogP contribution in [0.1, 0.15) is 53.4 Å². The third-order valence-corrected chi connectivity index (χ3v) is 5.21. The number of rotatable bonds is 5. The summed E-state index contributed by atoms with van der Waals surface area (Å²) < 4.78 is 1.52. The van der Waals surface area contributed by atoms with Gasteiger partial charge in [-0.2, -0.15) is 9.61 Å². The van der Waals surface area contributed by atoms with E-state index in [0.717, 1.165) is 28.9 Å². The monoisotopic (exact) mass is 367 g/mol. The van der Waals surface area contributed by atoms with E-state index in [2.05, 4.69) is 38.0 Å². The van der Waals surface area contributed by atoms with Crippen molar-refractivity contribution in [2.45, 2.75) is 66.9 Å². The molecule has 0 saturated carbocycles. The van der Waals surface area contributed by atoms with Crippen molar-refractivity contribution in [2.24, 2.45) is 0 Å². The van der Waals surface area contributed by atoms with Crippen LogP contribution in [0.25, 0.3) is 16.8 Å². The molecule has 0 aliphatic rings. The van der Waals surface area contributed by atoms with E-state index in [9.17, 15) is 10.2 Å². The van der Waals surface area contributed by atoms with Gasteiger partial charge < -0.3 is 10.2 Å². The van der Waals surface area contributed by atoms with E-state index in [0.29, 0.717) is 24.1 Å². The van der Waals surface area contributed by atoms with Crippen molar-refractivity contribution < 1.29 is 10.2 Å². The topological polar surface area (TPSA) is 70.7 Å². The van der Waals surface area contributed by atoms with E-state index >= 15 is 0 Å². The molecule has 2 N–H and O–H groups in total. The van der Waals surface area contributed by atoms with Crippen LogP contribution in [-0.2, 0) is 6.42 Å². The van der Waals surface area contributed by atoms with Gasteiger partial charge in [0.25, 0.3) is 0 Å². The maximum Gasteiger partial charge on any atom is 0.219 e. The number of aryl methyl sites for hydroxylation is 5. The Hall–Kier alpha value is -2.40. The van der Waals surface area contributed by atoms with Crippen LogP contribution in [0.15, 0.2) is 12.1 Å². The van der Waals surface area contributed by atoms with Crippen LogP contribution in [-0.4, -0.2) is 30.9 Å². The molecule has 2 heterocycles. The molecule has 27 heavy (non-hydrogen) atoms. The maximum atomic E-state index is 10.9. The second kappa shape index (κ2) is 7.31. The van der Waals surface area contributed by atoms with Gasteiger partial charge in [0.05, 0.1) is 17.4 Å². The fourth-order valence-corrected chi connectivity index (χ4v) is 4.06. The Bertz CT molecular complexity index is 982. The standard InChI is InChI=1S/C22H29N3O2/c1-7-8-17(26)11-18-15(5)23-21-20(16(6)24-25(21)22(18)27)19-13(3)9-12(2)10-14(19)4/h9-10,17,26-27H,7-8,11H2,1-6H3. The lowest BCUT2D eigenvalue weighted by Crippen LogP contribution is -2.13. The van der Waals surface area contributed by atoms with E-state index in [1.807, 2.05) is 20.8 Å². The summed E-state index contributed by atoms with van der Waals surface area (Å²) in [5, 5.41) is 25.6. The van der Waals surface area contributed by atoms with Crippen LogP contribution in [0, 0.1) is 34.6 Å². The lowest BCUT2D eigenvalue weighted by atomic mass is 9.94. The predicted octanol–water partition coefficient (Wildman–Crippen LogP) is 4.35. The Morgan fingerprint density at radius 2 is 1.63 bits per heavy atom. The van der Waals surface area contributed by atoms with Crippen LogP contribution in [0.4, 0.5) is 0 Å². The summed E-state index contributed by atoms with van der Waals surface area (Å²) in [6, 6.07) is 4.32. The van der Waals surface area contributed by atoms with Gasteiger partial charge in [0, 0.05) is 17.7 Å². The molecule has 0 spiro atoms. The summed E-state index contributed by atoms with van der Waals surface area (Å²) in [4.78, 5) is 4.78. The highest BCUT2D eigenvalue weighted by molar-refractivity contribution is 5.84. The second-order valence-corrected chi connectivity index (χ2v) is 7.62. The number of aliphatic hydroxyl groups is 1. The maximum absolute atomic E-state index is 10.9. The van der Waals surface area contributed by atoms with E-state index < -0.39 is 6.10 Å². The van der Waals surface area contributed by atoms with E-state index in [1.165, 1.54) is 21.2 Å². The summed E-state index contributed by atoms with van der Waals surface area (Å²) in [6.07, 6.45) is 1.48. The highest BCUT2D eigenvalue weighted by Gasteiger charge is 2.22. The van der Waals surface area contributed by atoms with Crippen molar-refractivity contribution in [2.75, 3.05) is 0 Å². The summed E-state index contributed by atoms with van der Waals surface area (Å²) in [7, 11) is 0. The molecule has 0 radical (unpaired) electrons. The van der Waals surface area contributed by atoms with Crippen molar-refractivity contribution in [3.05, 3.63) is 45.8 Å². The lowest BCUT2D eigenvalue weighted by Gasteiger charge is -2.14. The van der Waals surface area contributed by atoms with Crippen molar-refractivity contribution >= 4 is 5.65 Å². The minimum atomic E-state index is -0.489. The predicted molar refractivity (Wildman–Crippen MR) is 108 cm³/mol. The molecule has 1 atom stereocenters. The first-order valence-electron chi connectivity index (χ1n) is 9.58. The largest absolute Gasteiger partial charge is 0.493 e. The zero-order valence-corrected chi connectivity index (χ0v) is 17.1. The summed E-state index contributed by atoms with van der Waals surface area (Å²) >= 11 is 0. The van der Waals surface area contributed by atoms with Crippen molar-refractivity contribution in [1.29, 1.82) is 0 Å². The number of hydrogen-bond acceptors (Lipinski definition) is 4. The first-order chi connectivity index (χ1) is 12.7. The van der Waals surface area contributed by atoms with Gasteiger partial charge in [0.1, 0.15) is 0 Å². The number of aromatic nitrogens is 3. The molecule has 5 heteroatoms. The molecule has 0 aliphatic heterocycles. The zero-order chi connectivity index (χ0) is 19.9. The highest BCUT2D eigenvalue weighted by atomic mass is 16.3. The molecular weight excluding hydrogens is 338 g/mol. The first kappa shape index (κ1) is 19.4. The molecule has 144 valence electrons. The number of aliphatic hydroxyl groups excluding tert-OH is 1. The van der Waals surface area contributed by atoms with Gasteiger partial charge >= 0.3 is 0 Å². The van der Waals surface area contributed by atoms with Crippen molar-refractivity contribution in [3.8, 4) is 17.0 Å². The molecule has 0 bridgehead atoms. The Labute approximate surface area is 160 Å². The summed E-state index contributed by atoms with van der Waals surface area (Å²) in [5.41, 5.74) is 8.54. The number of fused-ring (bicyclic) bond motifs is 1. The molecule has 3 rings (SSSR count). The van der Waals surface area contributed by atoms with E-state index in [1.54, 1.807) is 0 Å². The van der Waals surface area contributed by atoms with Gasteiger partial charge in [0.15, 0.2) is 5.65 Å². The Balaban J connectivity index is 2.23. The molecule has 1 unspecified atom stereocenters. The first-order valence-corrected chi connectivity index (χ1v) is 9.58. The summed E-state index contributed by atoms with van der Waals surface area (Å²) in [5.74, 6) is 0.0735.